The van der Waals surface area contributed by atoms with Crippen molar-refractivity contribution in [1.82, 2.24) is 10.2 Å². The summed E-state index contributed by atoms with van der Waals surface area (Å²) >= 11 is 3.43. The molecule has 0 radical (unpaired) electrons. The van der Waals surface area contributed by atoms with Gasteiger partial charge in [-0.3, -0.25) is 4.79 Å². The average molecular weight is 511 g/mol. The highest BCUT2D eigenvalue weighted by Gasteiger charge is 2.24. The molecule has 0 saturated heterocycles. The molecule has 0 aromatic heterocycles. The number of ether oxygens (including phenoxy) is 1. The fourth-order valence-corrected chi connectivity index (χ4v) is 3.70. The van der Waals surface area contributed by atoms with Crippen molar-refractivity contribution in [1.29, 1.82) is 0 Å². The highest BCUT2D eigenvalue weighted by atomic mass is 79.9. The first-order valence-electron chi connectivity index (χ1n) is 10.4. The van der Waals surface area contributed by atoms with Crippen LogP contribution in [0.1, 0.15) is 45.2 Å². The number of nitrogens with zero attached hydrogens (tertiary/aromatic N) is 1. The fraction of sp³-hybridized carbons (Fsp3) is 0.417. The van der Waals surface area contributed by atoms with Gasteiger partial charge in [-0.25, -0.2) is 13.6 Å². The molecule has 2 aromatic rings. The standard InChI is InChI=1S/C24H29BrF2N2O3/c1-16(30)28-22(13-18-11-20(26)14-21(27)12-18)8-9-29(23(31)32-24(2,3)4)15-17-6-5-7-19(25)10-17/h5-7,10-12,14,22H,8-9,13,15H2,1-4H3,(H,28,30)/t22-/m1/s1. The maximum atomic E-state index is 13.6. The zero-order valence-corrected chi connectivity index (χ0v) is 20.3. The van der Waals surface area contributed by atoms with Crippen molar-refractivity contribution < 1.29 is 23.1 Å². The quantitative estimate of drug-likeness (QED) is 0.502. The Morgan fingerprint density at radius 2 is 1.75 bits per heavy atom. The minimum Gasteiger partial charge on any atom is -0.444 e. The van der Waals surface area contributed by atoms with Crippen LogP contribution in [-0.4, -0.2) is 35.1 Å². The average Bonchev–Trinajstić information content (AvgIpc) is 2.62. The van der Waals surface area contributed by atoms with Crippen LogP contribution in [0.5, 0.6) is 0 Å². The molecule has 5 nitrogen and oxygen atoms in total. The zero-order chi connectivity index (χ0) is 23.9. The van der Waals surface area contributed by atoms with E-state index in [4.69, 9.17) is 4.74 Å². The number of benzene rings is 2. The molecule has 0 aliphatic heterocycles. The Labute approximate surface area is 196 Å². The molecule has 32 heavy (non-hydrogen) atoms. The summed E-state index contributed by atoms with van der Waals surface area (Å²) < 4.78 is 33.6. The van der Waals surface area contributed by atoms with E-state index in [0.29, 0.717) is 18.5 Å². The van der Waals surface area contributed by atoms with Crippen molar-refractivity contribution in [2.24, 2.45) is 0 Å². The summed E-state index contributed by atoms with van der Waals surface area (Å²) in [5.41, 5.74) is 0.675. The van der Waals surface area contributed by atoms with Gasteiger partial charge in [-0.15, -0.1) is 0 Å². The third kappa shape index (κ3) is 9.34. The van der Waals surface area contributed by atoms with Crippen molar-refractivity contribution in [3.63, 3.8) is 0 Å². The molecule has 0 saturated carbocycles. The van der Waals surface area contributed by atoms with E-state index >= 15 is 0 Å². The van der Waals surface area contributed by atoms with Crippen molar-refractivity contribution in [2.75, 3.05) is 6.54 Å². The van der Waals surface area contributed by atoms with Gasteiger partial charge >= 0.3 is 6.09 Å². The van der Waals surface area contributed by atoms with E-state index < -0.39 is 29.4 Å². The summed E-state index contributed by atoms with van der Waals surface area (Å²) in [6.45, 7) is 7.36. The van der Waals surface area contributed by atoms with Crippen LogP contribution in [0, 0.1) is 11.6 Å². The maximum absolute atomic E-state index is 13.6. The van der Waals surface area contributed by atoms with E-state index in [1.807, 2.05) is 24.3 Å². The monoisotopic (exact) mass is 510 g/mol. The Balaban J connectivity index is 2.17. The van der Waals surface area contributed by atoms with Crippen LogP contribution in [0.3, 0.4) is 0 Å². The second-order valence-corrected chi connectivity index (χ2v) is 9.62. The van der Waals surface area contributed by atoms with E-state index in [0.717, 1.165) is 16.1 Å². The molecule has 0 fully saturated rings. The molecule has 0 unspecified atom stereocenters. The van der Waals surface area contributed by atoms with Gasteiger partial charge in [-0.05, 0) is 69.0 Å². The summed E-state index contributed by atoms with van der Waals surface area (Å²) in [4.78, 5) is 26.1. The van der Waals surface area contributed by atoms with Crippen molar-refractivity contribution >= 4 is 27.9 Å². The van der Waals surface area contributed by atoms with Crippen LogP contribution in [-0.2, 0) is 22.5 Å². The lowest BCUT2D eigenvalue weighted by Gasteiger charge is -2.29. The summed E-state index contributed by atoms with van der Waals surface area (Å²) in [5, 5.41) is 2.81. The first-order chi connectivity index (χ1) is 14.9. The van der Waals surface area contributed by atoms with Gasteiger partial charge in [0.1, 0.15) is 17.2 Å². The number of hydrogen-bond donors (Lipinski definition) is 1. The SMILES string of the molecule is CC(=O)N[C@H](CCN(Cc1cccc(Br)c1)C(=O)OC(C)(C)C)Cc1cc(F)cc(F)c1. The summed E-state index contributed by atoms with van der Waals surface area (Å²) in [5.74, 6) is -1.61. The number of halogens is 3. The molecule has 174 valence electrons. The third-order valence-corrected chi connectivity index (χ3v) is 4.97. The lowest BCUT2D eigenvalue weighted by Crippen LogP contribution is -2.41. The van der Waals surface area contributed by atoms with Crippen molar-refractivity contribution in [3.8, 4) is 0 Å². The Hall–Kier alpha value is -2.48. The lowest BCUT2D eigenvalue weighted by atomic mass is 10.0. The van der Waals surface area contributed by atoms with Gasteiger partial charge in [0.15, 0.2) is 0 Å². The maximum Gasteiger partial charge on any atom is 0.410 e. The predicted molar refractivity (Wildman–Crippen MR) is 123 cm³/mol. The molecule has 0 spiro atoms. The number of hydrogen-bond acceptors (Lipinski definition) is 3. The van der Waals surface area contributed by atoms with Gasteiger partial charge in [0.25, 0.3) is 0 Å². The first kappa shape index (κ1) is 25.8. The third-order valence-electron chi connectivity index (χ3n) is 4.47. The molecule has 1 atom stereocenters. The topological polar surface area (TPSA) is 58.6 Å². The van der Waals surface area contributed by atoms with E-state index in [1.165, 1.54) is 19.1 Å². The number of amides is 2. The number of nitrogens with one attached hydrogen (secondary N) is 1. The van der Waals surface area contributed by atoms with E-state index in [2.05, 4.69) is 21.2 Å². The largest absolute Gasteiger partial charge is 0.444 e. The summed E-state index contributed by atoms with van der Waals surface area (Å²) in [6.07, 6.45) is 0.133. The second kappa shape index (κ2) is 11.4. The fourth-order valence-electron chi connectivity index (χ4n) is 3.25. The molecule has 2 aromatic carbocycles. The highest BCUT2D eigenvalue weighted by molar-refractivity contribution is 9.10. The predicted octanol–water partition coefficient (Wildman–Crippen LogP) is 5.60. The molecular weight excluding hydrogens is 482 g/mol. The molecular formula is C24H29BrF2N2O3. The van der Waals surface area contributed by atoms with Crippen molar-refractivity contribution in [2.45, 2.75) is 58.7 Å². The number of carbonyl (C=O) groups excluding carboxylic acids is 2. The van der Waals surface area contributed by atoms with Gasteiger partial charge in [0.2, 0.25) is 5.91 Å². The molecule has 0 aliphatic rings. The van der Waals surface area contributed by atoms with Crippen LogP contribution in [0.15, 0.2) is 46.9 Å². The number of rotatable bonds is 8. The van der Waals surface area contributed by atoms with Crippen LogP contribution >= 0.6 is 15.9 Å². The van der Waals surface area contributed by atoms with Crippen LogP contribution in [0.25, 0.3) is 0 Å². The molecule has 8 heteroatoms. The smallest absolute Gasteiger partial charge is 0.410 e. The normalized spacial score (nSPS) is 12.2. The molecule has 0 bridgehead atoms. The van der Waals surface area contributed by atoms with E-state index in [9.17, 15) is 18.4 Å². The second-order valence-electron chi connectivity index (χ2n) is 8.70. The molecule has 0 heterocycles. The van der Waals surface area contributed by atoms with Crippen molar-refractivity contribution in [3.05, 3.63) is 69.7 Å². The number of carbonyl (C=O) groups is 2. The molecule has 0 aliphatic carbocycles. The van der Waals surface area contributed by atoms with Gasteiger partial charge in [0, 0.05) is 36.6 Å². The summed E-state index contributed by atoms with van der Waals surface area (Å²) in [6, 6.07) is 10.5. The van der Waals surface area contributed by atoms with Gasteiger partial charge in [0.05, 0.1) is 0 Å². The zero-order valence-electron chi connectivity index (χ0n) is 18.8. The van der Waals surface area contributed by atoms with E-state index in [-0.39, 0.29) is 18.9 Å². The molecule has 1 N–H and O–H groups in total. The highest BCUT2D eigenvalue weighted by Crippen LogP contribution is 2.18. The lowest BCUT2D eigenvalue weighted by molar-refractivity contribution is -0.119. The summed E-state index contributed by atoms with van der Waals surface area (Å²) in [7, 11) is 0. The Bertz CT molecular complexity index is 927. The van der Waals surface area contributed by atoms with Gasteiger partial charge in [-0.2, -0.15) is 0 Å². The minimum atomic E-state index is -0.674. The van der Waals surface area contributed by atoms with Gasteiger partial charge in [-0.1, -0.05) is 28.1 Å². The molecule has 2 amide bonds. The minimum absolute atomic E-state index is 0.229. The first-order valence-corrected chi connectivity index (χ1v) is 11.1. The van der Waals surface area contributed by atoms with Crippen LogP contribution < -0.4 is 5.32 Å². The Morgan fingerprint density at radius 3 is 2.31 bits per heavy atom. The van der Waals surface area contributed by atoms with Crippen LogP contribution in [0.2, 0.25) is 0 Å². The van der Waals surface area contributed by atoms with E-state index in [1.54, 1.807) is 25.7 Å². The molecule has 2 rings (SSSR count). The van der Waals surface area contributed by atoms with Crippen LogP contribution in [0.4, 0.5) is 13.6 Å². The Morgan fingerprint density at radius 1 is 1.09 bits per heavy atom. The Kier molecular flexibility index (Phi) is 9.19. The van der Waals surface area contributed by atoms with Gasteiger partial charge < -0.3 is 15.0 Å².